The molecule has 1 N–H and O–H groups in total. The third-order valence-electron chi connectivity index (χ3n) is 3.09. The summed E-state index contributed by atoms with van der Waals surface area (Å²) in [5.41, 5.74) is -3.87. The van der Waals surface area contributed by atoms with E-state index in [4.69, 9.17) is 16.3 Å². The lowest BCUT2D eigenvalue weighted by Crippen LogP contribution is -2.45. The third kappa shape index (κ3) is 3.16. The number of nitrogens with zero attached hydrogens (tertiary/aromatic N) is 1. The number of carbonyl (C=O) groups is 2. The van der Waals surface area contributed by atoms with Crippen molar-refractivity contribution in [1.29, 1.82) is 0 Å². The smallest absolute Gasteiger partial charge is 0.417 e. The van der Waals surface area contributed by atoms with Gasteiger partial charge < -0.3 is 9.84 Å². The van der Waals surface area contributed by atoms with Gasteiger partial charge in [-0.15, -0.1) is 0 Å². The fraction of sp³-hybridized carbons (Fsp3) is 0.462. The molecule has 0 spiro atoms. The monoisotopic (exact) mass is 339 g/mol. The van der Waals surface area contributed by atoms with Crippen LogP contribution in [0.1, 0.15) is 31.5 Å². The minimum atomic E-state index is -4.68. The van der Waals surface area contributed by atoms with Gasteiger partial charge in [-0.05, 0) is 19.4 Å². The van der Waals surface area contributed by atoms with Crippen LogP contribution in [0.3, 0.4) is 0 Å². The lowest BCUT2D eigenvalue weighted by molar-refractivity contribution is -0.162. The molecule has 0 saturated carbocycles. The van der Waals surface area contributed by atoms with Gasteiger partial charge in [-0.3, -0.25) is 14.6 Å². The second kappa shape index (κ2) is 6.51. The number of hydrogen-bond acceptors (Lipinski definition) is 4. The number of pyridine rings is 1. The lowest BCUT2D eigenvalue weighted by Gasteiger charge is -2.26. The lowest BCUT2D eigenvalue weighted by atomic mass is 9.81. The van der Waals surface area contributed by atoms with Crippen LogP contribution in [0.5, 0.6) is 0 Å². The summed E-state index contributed by atoms with van der Waals surface area (Å²) in [7, 11) is 0. The van der Waals surface area contributed by atoms with Crippen molar-refractivity contribution in [2.24, 2.45) is 0 Å². The van der Waals surface area contributed by atoms with E-state index in [0.29, 0.717) is 12.3 Å². The quantitative estimate of drug-likeness (QED) is 0.659. The number of aliphatic carboxylic acids is 1. The molecule has 0 amide bonds. The van der Waals surface area contributed by atoms with Gasteiger partial charge in [0.25, 0.3) is 0 Å². The SMILES string of the molecule is CCOC(=O)C(CC)(C(=O)O)c1ncc(C(F)(F)F)cc1Cl. The zero-order valence-corrected chi connectivity index (χ0v) is 12.5. The van der Waals surface area contributed by atoms with Crippen LogP contribution in [0.4, 0.5) is 13.2 Å². The summed E-state index contributed by atoms with van der Waals surface area (Å²) >= 11 is 5.75. The van der Waals surface area contributed by atoms with E-state index in [1.54, 1.807) is 0 Å². The number of esters is 1. The molecular weight excluding hydrogens is 327 g/mol. The molecule has 0 saturated heterocycles. The predicted octanol–water partition coefficient (Wildman–Crippen LogP) is 3.05. The Labute approximate surface area is 129 Å². The zero-order valence-electron chi connectivity index (χ0n) is 11.7. The molecule has 9 heteroatoms. The van der Waals surface area contributed by atoms with E-state index in [9.17, 15) is 27.9 Å². The highest BCUT2D eigenvalue weighted by Crippen LogP contribution is 2.37. The fourth-order valence-electron chi connectivity index (χ4n) is 1.91. The van der Waals surface area contributed by atoms with Crippen LogP contribution >= 0.6 is 11.6 Å². The molecule has 0 aliphatic rings. The number of hydrogen-bond donors (Lipinski definition) is 1. The standard InChI is InChI=1S/C13H13ClF3NO4/c1-3-12(10(19)20,11(21)22-4-2)9-8(14)5-7(6-18-9)13(15,16)17/h5-6H,3-4H2,1-2H3,(H,19,20). The number of aromatic nitrogens is 1. The number of halogens is 4. The van der Waals surface area contributed by atoms with Crippen molar-refractivity contribution in [3.8, 4) is 0 Å². The molecule has 0 radical (unpaired) electrons. The van der Waals surface area contributed by atoms with Crippen LogP contribution in [-0.4, -0.2) is 28.6 Å². The molecule has 1 heterocycles. The minimum Gasteiger partial charge on any atom is -0.480 e. The summed E-state index contributed by atoms with van der Waals surface area (Å²) in [6.07, 6.45) is -4.52. The predicted molar refractivity (Wildman–Crippen MR) is 70.5 cm³/mol. The molecule has 1 unspecified atom stereocenters. The Balaban J connectivity index is 3.51. The van der Waals surface area contributed by atoms with Crippen molar-refractivity contribution in [1.82, 2.24) is 4.98 Å². The zero-order chi connectivity index (χ0) is 17.1. The van der Waals surface area contributed by atoms with E-state index in [2.05, 4.69) is 4.98 Å². The van der Waals surface area contributed by atoms with Crippen molar-refractivity contribution >= 4 is 23.5 Å². The molecule has 5 nitrogen and oxygen atoms in total. The first-order valence-corrected chi connectivity index (χ1v) is 6.62. The topological polar surface area (TPSA) is 76.5 Å². The summed E-state index contributed by atoms with van der Waals surface area (Å²) in [5, 5.41) is 8.84. The van der Waals surface area contributed by atoms with Gasteiger partial charge in [0, 0.05) is 6.20 Å². The third-order valence-corrected chi connectivity index (χ3v) is 3.38. The van der Waals surface area contributed by atoms with Crippen molar-refractivity contribution in [2.45, 2.75) is 31.9 Å². The number of carboxylic acids is 1. The number of carboxylic acid groups (broad SMARTS) is 1. The van der Waals surface area contributed by atoms with Gasteiger partial charge in [0.15, 0.2) is 0 Å². The Morgan fingerprint density at radius 1 is 1.36 bits per heavy atom. The van der Waals surface area contributed by atoms with Crippen LogP contribution in [0, 0.1) is 0 Å². The first-order chi connectivity index (χ1) is 10.1. The summed E-state index contributed by atoms with van der Waals surface area (Å²) in [5.74, 6) is -2.72. The minimum absolute atomic E-state index is 0.0912. The van der Waals surface area contributed by atoms with Crippen molar-refractivity contribution in [2.75, 3.05) is 6.61 Å². The largest absolute Gasteiger partial charge is 0.480 e. The molecular formula is C13H13ClF3NO4. The van der Waals surface area contributed by atoms with Crippen LogP contribution in [0.2, 0.25) is 5.02 Å². The van der Waals surface area contributed by atoms with E-state index >= 15 is 0 Å². The first kappa shape index (κ1) is 18.2. The molecule has 1 atom stereocenters. The van der Waals surface area contributed by atoms with Gasteiger partial charge in [-0.2, -0.15) is 13.2 Å². The summed E-state index contributed by atoms with van der Waals surface area (Å²) in [4.78, 5) is 27.1. The van der Waals surface area contributed by atoms with Gasteiger partial charge in [0.05, 0.1) is 22.9 Å². The van der Waals surface area contributed by atoms with E-state index in [1.165, 1.54) is 13.8 Å². The van der Waals surface area contributed by atoms with Gasteiger partial charge in [-0.25, -0.2) is 0 Å². The molecule has 0 fully saturated rings. The maximum Gasteiger partial charge on any atom is 0.417 e. The van der Waals surface area contributed by atoms with E-state index in [-0.39, 0.29) is 13.0 Å². The van der Waals surface area contributed by atoms with Crippen molar-refractivity contribution < 1.29 is 32.6 Å². The Kier molecular flexibility index (Phi) is 5.39. The molecule has 1 aromatic heterocycles. The fourth-order valence-corrected chi connectivity index (χ4v) is 2.24. The number of ether oxygens (including phenoxy) is 1. The maximum atomic E-state index is 12.6. The molecule has 0 aromatic carbocycles. The van der Waals surface area contributed by atoms with E-state index < -0.39 is 39.8 Å². The summed E-state index contributed by atoms with van der Waals surface area (Å²) < 4.78 is 42.6. The molecule has 1 aromatic rings. The molecule has 0 aliphatic heterocycles. The highest BCUT2D eigenvalue weighted by atomic mass is 35.5. The summed E-state index contributed by atoms with van der Waals surface area (Å²) in [6, 6.07) is 0.538. The average Bonchev–Trinajstić information content (AvgIpc) is 2.40. The normalized spacial score (nSPS) is 14.3. The van der Waals surface area contributed by atoms with Gasteiger partial charge in [0.1, 0.15) is 0 Å². The second-order valence-corrected chi connectivity index (χ2v) is 4.74. The molecule has 22 heavy (non-hydrogen) atoms. The molecule has 1 rings (SSSR count). The Morgan fingerprint density at radius 2 is 1.95 bits per heavy atom. The van der Waals surface area contributed by atoms with Crippen LogP contribution < -0.4 is 0 Å². The van der Waals surface area contributed by atoms with Gasteiger partial charge in [0.2, 0.25) is 5.41 Å². The molecule has 122 valence electrons. The maximum absolute atomic E-state index is 12.6. The Morgan fingerprint density at radius 3 is 2.32 bits per heavy atom. The van der Waals surface area contributed by atoms with Crippen LogP contribution in [-0.2, 0) is 25.9 Å². The molecule has 0 aliphatic carbocycles. The van der Waals surface area contributed by atoms with E-state index in [0.717, 1.165) is 0 Å². The number of carbonyl (C=O) groups excluding carboxylic acids is 1. The van der Waals surface area contributed by atoms with Gasteiger partial charge in [-0.1, -0.05) is 18.5 Å². The van der Waals surface area contributed by atoms with Crippen LogP contribution in [0.25, 0.3) is 0 Å². The Bertz CT molecular complexity index is 591. The van der Waals surface area contributed by atoms with Crippen LogP contribution in [0.15, 0.2) is 12.3 Å². The summed E-state index contributed by atoms with van der Waals surface area (Å²) in [6.45, 7) is 2.76. The highest BCUT2D eigenvalue weighted by molar-refractivity contribution is 6.32. The number of alkyl halides is 3. The van der Waals surface area contributed by atoms with Crippen molar-refractivity contribution in [3.05, 3.63) is 28.5 Å². The first-order valence-electron chi connectivity index (χ1n) is 6.25. The van der Waals surface area contributed by atoms with Crippen molar-refractivity contribution in [3.63, 3.8) is 0 Å². The number of rotatable bonds is 5. The second-order valence-electron chi connectivity index (χ2n) is 4.34. The Hall–Kier alpha value is -1.83. The van der Waals surface area contributed by atoms with E-state index in [1.807, 2.05) is 0 Å². The highest BCUT2D eigenvalue weighted by Gasteiger charge is 2.51. The average molecular weight is 340 g/mol. The molecule has 0 bridgehead atoms. The van der Waals surface area contributed by atoms with Gasteiger partial charge >= 0.3 is 18.1 Å².